The molecule has 0 saturated carbocycles. The van der Waals surface area contributed by atoms with Gasteiger partial charge < -0.3 is 0 Å². The molecule has 0 spiro atoms. The molecule has 7 heteroatoms. The number of hydrogen-bond acceptors (Lipinski definition) is 6. The third kappa shape index (κ3) is 2.38. The zero-order valence-electron chi connectivity index (χ0n) is 11.3. The highest BCUT2D eigenvalue weighted by molar-refractivity contribution is 8.00. The molecule has 0 unspecified atom stereocenters. The number of benzene rings is 2. The molecule has 0 radical (unpaired) electrons. The van der Waals surface area contributed by atoms with Crippen LogP contribution in [0.4, 0.5) is 0 Å². The van der Waals surface area contributed by atoms with Crippen LogP contribution >= 0.6 is 23.1 Å². The van der Waals surface area contributed by atoms with Crippen LogP contribution in [-0.4, -0.2) is 20.0 Å². The van der Waals surface area contributed by atoms with Crippen LogP contribution < -0.4 is 5.56 Å². The second-order valence-electron chi connectivity index (χ2n) is 4.63. The maximum Gasteiger partial charge on any atom is 0.278 e. The SMILES string of the molecule is O=c1c2ccccc2nnn1CSc1nc2ccccc2s1. The van der Waals surface area contributed by atoms with Gasteiger partial charge in [0.2, 0.25) is 0 Å². The van der Waals surface area contributed by atoms with E-state index in [1.54, 1.807) is 23.5 Å². The Balaban J connectivity index is 1.63. The van der Waals surface area contributed by atoms with Gasteiger partial charge in [-0.05, 0) is 24.3 Å². The van der Waals surface area contributed by atoms with Crippen molar-refractivity contribution in [2.45, 2.75) is 10.2 Å². The monoisotopic (exact) mass is 326 g/mol. The fourth-order valence-corrected chi connectivity index (χ4v) is 4.06. The molecule has 2 heterocycles. The predicted octanol–water partition coefficient (Wildman–Crippen LogP) is 3.15. The largest absolute Gasteiger partial charge is 0.278 e. The summed E-state index contributed by atoms with van der Waals surface area (Å²) in [5.41, 5.74) is 1.47. The molecule has 0 fully saturated rings. The van der Waals surface area contributed by atoms with Crippen LogP contribution in [0.25, 0.3) is 21.1 Å². The number of aromatic nitrogens is 4. The first-order valence-corrected chi connectivity index (χ1v) is 8.42. The molecule has 0 atom stereocenters. The van der Waals surface area contributed by atoms with E-state index < -0.39 is 0 Å². The second-order valence-corrected chi connectivity index (χ2v) is 6.85. The summed E-state index contributed by atoms with van der Waals surface area (Å²) in [7, 11) is 0. The molecule has 2 aromatic heterocycles. The lowest BCUT2D eigenvalue weighted by Crippen LogP contribution is -2.23. The van der Waals surface area contributed by atoms with Crippen LogP contribution in [-0.2, 0) is 5.88 Å². The number of fused-ring (bicyclic) bond motifs is 2. The van der Waals surface area contributed by atoms with Gasteiger partial charge in [-0.3, -0.25) is 4.79 Å². The first-order chi connectivity index (χ1) is 10.8. The fourth-order valence-electron chi connectivity index (χ4n) is 2.14. The molecule has 4 aromatic rings. The average molecular weight is 326 g/mol. The van der Waals surface area contributed by atoms with Crippen molar-refractivity contribution in [2.24, 2.45) is 0 Å². The van der Waals surface area contributed by atoms with E-state index in [1.165, 1.54) is 16.4 Å². The van der Waals surface area contributed by atoms with E-state index in [2.05, 4.69) is 15.3 Å². The Labute approximate surface area is 133 Å². The van der Waals surface area contributed by atoms with Crippen LogP contribution in [0.5, 0.6) is 0 Å². The van der Waals surface area contributed by atoms with Crippen molar-refractivity contribution in [1.82, 2.24) is 20.0 Å². The van der Waals surface area contributed by atoms with E-state index in [9.17, 15) is 4.79 Å². The summed E-state index contributed by atoms with van der Waals surface area (Å²) in [6.45, 7) is 0. The van der Waals surface area contributed by atoms with Crippen molar-refractivity contribution in [1.29, 1.82) is 0 Å². The minimum atomic E-state index is -0.126. The van der Waals surface area contributed by atoms with Crippen LogP contribution in [0.15, 0.2) is 57.7 Å². The Kier molecular flexibility index (Phi) is 3.36. The molecule has 22 heavy (non-hydrogen) atoms. The predicted molar refractivity (Wildman–Crippen MR) is 89.3 cm³/mol. The Morgan fingerprint density at radius 2 is 1.82 bits per heavy atom. The van der Waals surface area contributed by atoms with Gasteiger partial charge >= 0.3 is 0 Å². The highest BCUT2D eigenvalue weighted by Gasteiger charge is 2.08. The second kappa shape index (κ2) is 5.51. The van der Waals surface area contributed by atoms with Crippen molar-refractivity contribution < 1.29 is 0 Å². The Hall–Kier alpha value is -2.25. The van der Waals surface area contributed by atoms with Gasteiger partial charge in [-0.15, -0.1) is 16.4 Å². The maximum atomic E-state index is 12.4. The molecule has 0 aliphatic rings. The van der Waals surface area contributed by atoms with Gasteiger partial charge in [-0.2, -0.15) is 4.68 Å². The first-order valence-electron chi connectivity index (χ1n) is 6.62. The van der Waals surface area contributed by atoms with Gasteiger partial charge in [0.05, 0.1) is 21.5 Å². The fraction of sp³-hybridized carbons (Fsp3) is 0.0667. The molecule has 4 rings (SSSR count). The number of hydrogen-bond donors (Lipinski definition) is 0. The smallest absolute Gasteiger partial charge is 0.267 e. The summed E-state index contributed by atoms with van der Waals surface area (Å²) in [5.74, 6) is 0.399. The topological polar surface area (TPSA) is 60.7 Å². The highest BCUT2D eigenvalue weighted by atomic mass is 32.2. The lowest BCUT2D eigenvalue weighted by Gasteiger charge is -2.02. The van der Waals surface area contributed by atoms with E-state index in [4.69, 9.17) is 0 Å². The average Bonchev–Trinajstić information content (AvgIpc) is 2.97. The number of nitrogens with zero attached hydrogens (tertiary/aromatic N) is 4. The minimum Gasteiger partial charge on any atom is -0.267 e. The van der Waals surface area contributed by atoms with E-state index >= 15 is 0 Å². The van der Waals surface area contributed by atoms with Crippen molar-refractivity contribution >= 4 is 44.2 Å². The zero-order chi connectivity index (χ0) is 14.9. The van der Waals surface area contributed by atoms with Crippen LogP contribution in [0.3, 0.4) is 0 Å². The number of thioether (sulfide) groups is 1. The third-order valence-electron chi connectivity index (χ3n) is 3.21. The Morgan fingerprint density at radius 3 is 2.68 bits per heavy atom. The van der Waals surface area contributed by atoms with Gasteiger partial charge in [0.1, 0.15) is 5.52 Å². The van der Waals surface area contributed by atoms with Crippen LogP contribution in [0, 0.1) is 0 Å². The summed E-state index contributed by atoms with van der Waals surface area (Å²) in [6, 6.07) is 15.2. The highest BCUT2D eigenvalue weighted by Crippen LogP contribution is 2.29. The van der Waals surface area contributed by atoms with Crippen molar-refractivity contribution in [3.63, 3.8) is 0 Å². The van der Waals surface area contributed by atoms with Gasteiger partial charge in [-0.25, -0.2) is 4.98 Å². The zero-order valence-corrected chi connectivity index (χ0v) is 13.0. The van der Waals surface area contributed by atoms with Crippen molar-refractivity contribution in [3.05, 3.63) is 58.9 Å². The van der Waals surface area contributed by atoms with Gasteiger partial charge in [0, 0.05) is 0 Å². The summed E-state index contributed by atoms with van der Waals surface area (Å²) in [5, 5.41) is 8.65. The molecular weight excluding hydrogens is 316 g/mol. The normalized spacial score (nSPS) is 11.3. The van der Waals surface area contributed by atoms with Crippen LogP contribution in [0.2, 0.25) is 0 Å². The van der Waals surface area contributed by atoms with Gasteiger partial charge in [0.15, 0.2) is 4.34 Å². The van der Waals surface area contributed by atoms with Gasteiger partial charge in [-0.1, -0.05) is 41.2 Å². The van der Waals surface area contributed by atoms with E-state index in [0.717, 1.165) is 14.6 Å². The summed E-state index contributed by atoms with van der Waals surface area (Å²) >= 11 is 3.10. The number of para-hydroxylation sites is 1. The van der Waals surface area contributed by atoms with E-state index in [-0.39, 0.29) is 5.56 Å². The van der Waals surface area contributed by atoms with E-state index in [1.807, 2.05) is 36.4 Å². The molecule has 0 amide bonds. The first kappa shape index (κ1) is 13.4. The molecule has 108 valence electrons. The number of thiazole rings is 1. The number of rotatable bonds is 3. The molecule has 0 saturated heterocycles. The summed E-state index contributed by atoms with van der Waals surface area (Å²) in [6.07, 6.45) is 0. The lowest BCUT2D eigenvalue weighted by atomic mass is 10.2. The summed E-state index contributed by atoms with van der Waals surface area (Å²) < 4.78 is 3.43. The lowest BCUT2D eigenvalue weighted by molar-refractivity contribution is 0.645. The van der Waals surface area contributed by atoms with Crippen molar-refractivity contribution in [2.75, 3.05) is 0 Å². The third-order valence-corrected chi connectivity index (χ3v) is 5.36. The minimum absolute atomic E-state index is 0.126. The van der Waals surface area contributed by atoms with Crippen LogP contribution in [0.1, 0.15) is 0 Å². The standard InChI is InChI=1S/C15H10N4OS2/c20-14-10-5-1-2-6-11(10)17-18-19(14)9-21-15-16-12-7-3-4-8-13(12)22-15/h1-8H,9H2. The molecule has 0 aliphatic heterocycles. The molecule has 2 aromatic carbocycles. The van der Waals surface area contributed by atoms with Gasteiger partial charge in [0.25, 0.3) is 5.56 Å². The Bertz CT molecular complexity index is 992. The Morgan fingerprint density at radius 1 is 1.05 bits per heavy atom. The maximum absolute atomic E-state index is 12.4. The molecule has 0 aliphatic carbocycles. The van der Waals surface area contributed by atoms with Crippen molar-refractivity contribution in [3.8, 4) is 0 Å². The summed E-state index contributed by atoms with van der Waals surface area (Å²) in [4.78, 5) is 16.9. The molecule has 5 nitrogen and oxygen atoms in total. The molecule has 0 bridgehead atoms. The molecular formula is C15H10N4OS2. The quantitative estimate of drug-likeness (QED) is 0.541. The molecule has 0 N–H and O–H groups in total. The van der Waals surface area contributed by atoms with E-state index in [0.29, 0.717) is 16.8 Å².